The van der Waals surface area contributed by atoms with E-state index in [1.54, 1.807) is 6.20 Å². The van der Waals surface area contributed by atoms with E-state index in [1.165, 1.54) is 0 Å². The summed E-state index contributed by atoms with van der Waals surface area (Å²) in [7, 11) is 1.94. The van der Waals surface area contributed by atoms with Gasteiger partial charge in [-0.2, -0.15) is 0 Å². The van der Waals surface area contributed by atoms with Gasteiger partial charge >= 0.3 is 0 Å². The molecule has 0 bridgehead atoms. The molecule has 1 atom stereocenters. The predicted octanol–water partition coefficient (Wildman–Crippen LogP) is 4.78. The minimum atomic E-state index is -0.492. The van der Waals surface area contributed by atoms with E-state index in [0.717, 1.165) is 62.2 Å². The van der Waals surface area contributed by atoms with E-state index in [2.05, 4.69) is 18.8 Å². The van der Waals surface area contributed by atoms with Crippen LogP contribution < -0.4 is 9.64 Å². The lowest BCUT2D eigenvalue weighted by Gasteiger charge is -2.32. The van der Waals surface area contributed by atoms with Gasteiger partial charge in [-0.15, -0.1) is 0 Å². The average Bonchev–Trinajstić information content (AvgIpc) is 3.31. The zero-order chi connectivity index (χ0) is 25.7. The Labute approximate surface area is 214 Å². The molecule has 4 rings (SSSR count). The van der Waals surface area contributed by atoms with Crippen LogP contribution in [0.25, 0.3) is 11.5 Å². The fourth-order valence-corrected chi connectivity index (χ4v) is 4.78. The molecule has 1 saturated heterocycles. The maximum atomic E-state index is 12.5. The normalized spacial score (nSPS) is 17.8. The van der Waals surface area contributed by atoms with Gasteiger partial charge in [0.05, 0.1) is 12.1 Å². The number of carbonyl (C=O) groups is 1. The smallest absolute Gasteiger partial charge is 0.180 e. The summed E-state index contributed by atoms with van der Waals surface area (Å²) in [6.45, 7) is 9.63. The van der Waals surface area contributed by atoms with Crippen molar-refractivity contribution in [3.05, 3.63) is 29.6 Å². The standard InChI is InChI=1S/C28H40N4O4/c1-19(2)15-20(33)17-32(5)27-22-9-8-10-23(22)30-26(31-27)24-16-21(12-13-29-24)35-18-28(3,4)36-25-11-6-7-14-34-25/h12-13,16,19,25H,6-11,14-15,17-18H2,1-5H3. The molecule has 8 heteroatoms. The van der Waals surface area contributed by atoms with Gasteiger partial charge in [0, 0.05) is 43.6 Å². The number of nitrogens with zero attached hydrogens (tertiary/aromatic N) is 4. The lowest BCUT2D eigenvalue weighted by Crippen LogP contribution is -2.38. The van der Waals surface area contributed by atoms with Crippen molar-refractivity contribution in [3.8, 4) is 17.3 Å². The molecule has 1 unspecified atom stereocenters. The van der Waals surface area contributed by atoms with Gasteiger partial charge in [-0.3, -0.25) is 9.78 Å². The largest absolute Gasteiger partial charge is 0.490 e. The van der Waals surface area contributed by atoms with E-state index in [0.29, 0.717) is 42.8 Å². The van der Waals surface area contributed by atoms with E-state index < -0.39 is 5.60 Å². The first-order chi connectivity index (χ1) is 17.2. The lowest BCUT2D eigenvalue weighted by molar-refractivity contribution is -0.221. The van der Waals surface area contributed by atoms with Crippen LogP contribution in [0.5, 0.6) is 5.75 Å². The Morgan fingerprint density at radius 1 is 1.22 bits per heavy atom. The molecule has 0 aromatic carbocycles. The van der Waals surface area contributed by atoms with Crippen molar-refractivity contribution in [3.63, 3.8) is 0 Å². The molecule has 2 aromatic rings. The quantitative estimate of drug-likeness (QED) is 0.439. The van der Waals surface area contributed by atoms with E-state index >= 15 is 0 Å². The van der Waals surface area contributed by atoms with Crippen LogP contribution in [0.3, 0.4) is 0 Å². The van der Waals surface area contributed by atoms with Crippen molar-refractivity contribution in [2.24, 2.45) is 5.92 Å². The van der Waals surface area contributed by atoms with Crippen LogP contribution >= 0.6 is 0 Å². The molecule has 0 amide bonds. The second kappa shape index (κ2) is 11.6. The topological polar surface area (TPSA) is 86.7 Å². The monoisotopic (exact) mass is 496 g/mol. The number of carbonyl (C=O) groups excluding carboxylic acids is 1. The summed E-state index contributed by atoms with van der Waals surface area (Å²) in [5.74, 6) is 2.64. The number of aromatic nitrogens is 3. The van der Waals surface area contributed by atoms with Crippen LogP contribution in [-0.2, 0) is 27.1 Å². The van der Waals surface area contributed by atoms with Gasteiger partial charge in [0.25, 0.3) is 0 Å². The molecule has 36 heavy (non-hydrogen) atoms. The summed E-state index contributed by atoms with van der Waals surface area (Å²) in [5.41, 5.74) is 2.36. The molecule has 0 spiro atoms. The number of pyridine rings is 1. The number of aryl methyl sites for hydroxylation is 1. The van der Waals surface area contributed by atoms with Gasteiger partial charge in [-0.1, -0.05) is 13.8 Å². The number of hydrogen-bond donors (Lipinski definition) is 0. The number of ketones is 1. The highest BCUT2D eigenvalue weighted by molar-refractivity contribution is 5.83. The average molecular weight is 497 g/mol. The summed E-state index contributed by atoms with van der Waals surface area (Å²) < 4.78 is 18.0. The van der Waals surface area contributed by atoms with Crippen LogP contribution in [0, 0.1) is 5.92 Å². The van der Waals surface area contributed by atoms with Gasteiger partial charge < -0.3 is 19.1 Å². The summed E-state index contributed by atoms with van der Waals surface area (Å²) in [4.78, 5) is 28.7. The number of likely N-dealkylation sites (N-methyl/N-ethyl adjacent to an activating group) is 1. The highest BCUT2D eigenvalue weighted by Gasteiger charge is 2.27. The van der Waals surface area contributed by atoms with E-state index in [9.17, 15) is 4.79 Å². The van der Waals surface area contributed by atoms with Crippen molar-refractivity contribution < 1.29 is 19.0 Å². The van der Waals surface area contributed by atoms with Crippen LogP contribution in [0.15, 0.2) is 18.3 Å². The molecular formula is C28H40N4O4. The molecule has 3 heterocycles. The highest BCUT2D eigenvalue weighted by Crippen LogP contribution is 2.31. The maximum absolute atomic E-state index is 12.5. The Bertz CT molecular complexity index is 1050. The van der Waals surface area contributed by atoms with E-state index in [1.807, 2.05) is 37.9 Å². The molecular weight excluding hydrogens is 456 g/mol. The minimum absolute atomic E-state index is 0.173. The molecule has 0 saturated carbocycles. The molecule has 1 aliphatic carbocycles. The predicted molar refractivity (Wildman–Crippen MR) is 139 cm³/mol. The van der Waals surface area contributed by atoms with Crippen molar-refractivity contribution in [1.29, 1.82) is 0 Å². The molecule has 2 aliphatic rings. The first-order valence-electron chi connectivity index (χ1n) is 13.2. The van der Waals surface area contributed by atoms with E-state index in [-0.39, 0.29) is 12.1 Å². The molecule has 1 fully saturated rings. The van der Waals surface area contributed by atoms with Crippen LogP contribution in [0.2, 0.25) is 0 Å². The molecule has 1 aliphatic heterocycles. The van der Waals surface area contributed by atoms with Crippen LogP contribution in [0.1, 0.15) is 71.1 Å². The Hall–Kier alpha value is -2.58. The Morgan fingerprint density at radius 2 is 2.06 bits per heavy atom. The molecule has 0 radical (unpaired) electrons. The Kier molecular flexibility index (Phi) is 8.57. The summed E-state index contributed by atoms with van der Waals surface area (Å²) in [6, 6.07) is 3.71. The number of anilines is 1. The fourth-order valence-electron chi connectivity index (χ4n) is 4.78. The zero-order valence-corrected chi connectivity index (χ0v) is 22.4. The SMILES string of the molecule is CC(C)CC(=O)CN(C)c1nc(-c2cc(OCC(C)(C)OC3CCCCO3)ccn2)nc2c1CCC2. The van der Waals surface area contributed by atoms with Crippen molar-refractivity contribution >= 4 is 11.6 Å². The van der Waals surface area contributed by atoms with Crippen LogP contribution in [0.4, 0.5) is 5.82 Å². The number of fused-ring (bicyclic) bond motifs is 1. The zero-order valence-electron chi connectivity index (χ0n) is 22.4. The van der Waals surface area contributed by atoms with Gasteiger partial charge in [-0.25, -0.2) is 9.97 Å². The third-order valence-corrected chi connectivity index (χ3v) is 6.46. The van der Waals surface area contributed by atoms with Gasteiger partial charge in [0.1, 0.15) is 23.9 Å². The van der Waals surface area contributed by atoms with Crippen molar-refractivity contribution in [1.82, 2.24) is 15.0 Å². The number of hydrogen-bond acceptors (Lipinski definition) is 8. The minimum Gasteiger partial charge on any atom is -0.490 e. The van der Waals surface area contributed by atoms with Crippen LogP contribution in [-0.4, -0.2) is 59.4 Å². The first kappa shape index (κ1) is 26.5. The Morgan fingerprint density at radius 3 is 2.81 bits per heavy atom. The second-order valence-corrected chi connectivity index (χ2v) is 11.0. The molecule has 2 aromatic heterocycles. The third-order valence-electron chi connectivity index (χ3n) is 6.46. The fraction of sp³-hybridized carbons (Fsp3) is 0.643. The van der Waals surface area contributed by atoms with Gasteiger partial charge in [0.2, 0.25) is 0 Å². The van der Waals surface area contributed by atoms with Crippen molar-refractivity contribution in [2.75, 3.05) is 31.7 Å². The lowest BCUT2D eigenvalue weighted by atomic mass is 10.1. The highest BCUT2D eigenvalue weighted by atomic mass is 16.7. The third kappa shape index (κ3) is 7.01. The first-order valence-corrected chi connectivity index (χ1v) is 13.2. The number of rotatable bonds is 11. The van der Waals surface area contributed by atoms with Crippen molar-refractivity contribution in [2.45, 2.75) is 84.5 Å². The van der Waals surface area contributed by atoms with E-state index in [4.69, 9.17) is 24.2 Å². The van der Waals surface area contributed by atoms with Gasteiger partial charge in [0.15, 0.2) is 17.9 Å². The molecule has 8 nitrogen and oxygen atoms in total. The van der Waals surface area contributed by atoms with Gasteiger partial charge in [-0.05, 0) is 64.4 Å². The molecule has 0 N–H and O–H groups in total. The number of Topliss-reactive ketones (excluding diaryl/α,β-unsaturated/α-hetero) is 1. The summed E-state index contributed by atoms with van der Waals surface area (Å²) in [6.07, 6.45) is 8.14. The second-order valence-electron chi connectivity index (χ2n) is 11.0. The maximum Gasteiger partial charge on any atom is 0.180 e. The number of ether oxygens (including phenoxy) is 3. The molecule has 196 valence electrons. The summed E-state index contributed by atoms with van der Waals surface area (Å²) >= 11 is 0. The summed E-state index contributed by atoms with van der Waals surface area (Å²) in [5, 5.41) is 0. The Balaban J connectivity index is 1.48.